The Bertz CT molecular complexity index is 1070. The lowest BCUT2D eigenvalue weighted by molar-refractivity contribution is -0.138. The first-order valence-electron chi connectivity index (χ1n) is 10.4. The molecule has 1 N–H and O–H groups in total. The van der Waals surface area contributed by atoms with E-state index in [0.717, 1.165) is 29.8 Å². The molecule has 2 heterocycles. The summed E-state index contributed by atoms with van der Waals surface area (Å²) in [5.74, 6) is 0.729. The van der Waals surface area contributed by atoms with Gasteiger partial charge in [-0.05, 0) is 36.6 Å². The van der Waals surface area contributed by atoms with E-state index in [1.165, 1.54) is 6.92 Å². The van der Waals surface area contributed by atoms with E-state index in [1.54, 1.807) is 12.1 Å². The Labute approximate surface area is 194 Å². The number of hydrogen-bond acceptors (Lipinski definition) is 6. The van der Waals surface area contributed by atoms with E-state index in [4.69, 9.17) is 9.47 Å². The second-order valence-corrected chi connectivity index (χ2v) is 8.90. The zero-order valence-electron chi connectivity index (χ0n) is 18.5. The number of aromatic nitrogens is 1. The molecule has 0 fully saturated rings. The summed E-state index contributed by atoms with van der Waals surface area (Å²) in [6, 6.07) is 7.57. The van der Waals surface area contributed by atoms with Crippen LogP contribution in [0.15, 0.2) is 29.3 Å². The van der Waals surface area contributed by atoms with Gasteiger partial charge in [-0.15, -0.1) is 0 Å². The van der Waals surface area contributed by atoms with E-state index in [-0.39, 0.29) is 34.3 Å². The quantitative estimate of drug-likeness (QED) is 0.584. The van der Waals surface area contributed by atoms with Crippen LogP contribution in [-0.2, 0) is 11.0 Å². The zero-order valence-corrected chi connectivity index (χ0v) is 19.3. The number of carbonyl (C=O) groups is 1. The number of carbonyl (C=O) groups excluding carboxylic acids is 1. The summed E-state index contributed by atoms with van der Waals surface area (Å²) in [6.45, 7) is 6.43. The summed E-state index contributed by atoms with van der Waals surface area (Å²) < 4.78 is 51.3. The minimum atomic E-state index is -4.68. The Morgan fingerprint density at radius 3 is 2.58 bits per heavy atom. The molecule has 1 aliphatic rings. The topological polar surface area (TPSA) is 84.2 Å². The first kappa shape index (κ1) is 24.7. The number of ether oxygens (including phenoxy) is 2. The molecule has 3 rings (SSSR count). The van der Waals surface area contributed by atoms with Crippen molar-refractivity contribution in [1.29, 1.82) is 5.26 Å². The van der Waals surface area contributed by atoms with E-state index in [0.29, 0.717) is 24.7 Å². The Kier molecular flexibility index (Phi) is 7.74. The van der Waals surface area contributed by atoms with Crippen molar-refractivity contribution in [1.82, 2.24) is 10.3 Å². The van der Waals surface area contributed by atoms with Crippen molar-refractivity contribution in [2.45, 2.75) is 44.4 Å². The molecule has 2 aromatic rings. The van der Waals surface area contributed by atoms with Crippen LogP contribution in [0, 0.1) is 24.2 Å². The predicted octanol–water partition coefficient (Wildman–Crippen LogP) is 5.05. The lowest BCUT2D eigenvalue weighted by atomic mass is 9.95. The third-order valence-corrected chi connectivity index (χ3v) is 5.96. The van der Waals surface area contributed by atoms with Gasteiger partial charge in [-0.1, -0.05) is 31.7 Å². The van der Waals surface area contributed by atoms with Gasteiger partial charge in [0.15, 0.2) is 11.5 Å². The number of halogens is 3. The first-order valence-corrected chi connectivity index (χ1v) is 11.4. The van der Waals surface area contributed by atoms with Gasteiger partial charge in [0.1, 0.15) is 11.1 Å². The number of benzene rings is 1. The number of hydrogen-bond donors (Lipinski definition) is 1. The summed E-state index contributed by atoms with van der Waals surface area (Å²) in [5, 5.41) is 12.1. The summed E-state index contributed by atoms with van der Waals surface area (Å²) in [6.07, 6.45) is -3.91. The van der Waals surface area contributed by atoms with Gasteiger partial charge in [-0.2, -0.15) is 18.4 Å². The Morgan fingerprint density at radius 1 is 1.24 bits per heavy atom. The Morgan fingerprint density at radius 2 is 1.94 bits per heavy atom. The first-order chi connectivity index (χ1) is 15.6. The monoisotopic (exact) mass is 479 g/mol. The second-order valence-electron chi connectivity index (χ2n) is 7.94. The number of amides is 1. The number of alkyl halides is 3. The third kappa shape index (κ3) is 6.11. The molecule has 1 aromatic heterocycles. The maximum Gasteiger partial charge on any atom is 0.417 e. The van der Waals surface area contributed by atoms with Gasteiger partial charge in [-0.3, -0.25) is 4.79 Å². The van der Waals surface area contributed by atoms with Gasteiger partial charge in [0.25, 0.3) is 0 Å². The zero-order chi connectivity index (χ0) is 24.2. The van der Waals surface area contributed by atoms with Gasteiger partial charge in [0.05, 0.1) is 36.1 Å². The van der Waals surface area contributed by atoms with Crippen LogP contribution in [0.5, 0.6) is 11.5 Å². The number of aryl methyl sites for hydroxylation is 1. The molecule has 0 saturated heterocycles. The number of pyridine rings is 1. The molecule has 0 aliphatic carbocycles. The predicted molar refractivity (Wildman–Crippen MR) is 117 cm³/mol. The van der Waals surface area contributed by atoms with Crippen molar-refractivity contribution in [3.8, 4) is 17.6 Å². The molecule has 10 heteroatoms. The maximum atomic E-state index is 13.3. The number of fused-ring (bicyclic) bond motifs is 1. The molecule has 1 atom stereocenters. The average Bonchev–Trinajstić information content (AvgIpc) is 2.99. The lowest BCUT2D eigenvalue weighted by Crippen LogP contribution is -2.33. The van der Waals surface area contributed by atoms with Gasteiger partial charge >= 0.3 is 6.18 Å². The van der Waals surface area contributed by atoms with Crippen molar-refractivity contribution in [2.24, 2.45) is 5.92 Å². The van der Waals surface area contributed by atoms with Gasteiger partial charge < -0.3 is 14.8 Å². The van der Waals surface area contributed by atoms with Gasteiger partial charge in [-0.25, -0.2) is 4.98 Å². The number of rotatable bonds is 6. The van der Waals surface area contributed by atoms with Crippen LogP contribution in [-0.4, -0.2) is 29.9 Å². The fraction of sp³-hybridized carbons (Fsp3) is 0.435. The fourth-order valence-corrected chi connectivity index (χ4v) is 4.30. The van der Waals surface area contributed by atoms with Crippen molar-refractivity contribution < 1.29 is 27.4 Å². The SMILES string of the molecule is Cc1cc(C(F)(F)F)c(C#N)c(SCC(=O)N[C@@H](c2ccc3c(c2)OCCCO3)C(C)C)n1. The number of nitrogens with one attached hydrogen (secondary N) is 1. The smallest absolute Gasteiger partial charge is 0.417 e. The summed E-state index contributed by atoms with van der Waals surface area (Å²) >= 11 is 0.808. The second kappa shape index (κ2) is 10.3. The molecule has 0 spiro atoms. The van der Waals surface area contributed by atoms with Crippen LogP contribution in [0.1, 0.15) is 48.7 Å². The van der Waals surface area contributed by atoms with Crippen LogP contribution < -0.4 is 14.8 Å². The number of thioether (sulfide) groups is 1. The molecule has 0 unspecified atom stereocenters. The molecular weight excluding hydrogens is 455 g/mol. The standard InChI is InChI=1S/C23H24F3N3O3S/c1-13(2)21(15-5-6-18-19(10-15)32-8-4-7-31-18)29-20(30)12-33-22-16(11-27)17(23(24,25)26)9-14(3)28-22/h5-6,9-10,13,21H,4,7-8,12H2,1-3H3,(H,29,30)/t21-/m1/s1. The molecule has 1 aromatic carbocycles. The highest BCUT2D eigenvalue weighted by Gasteiger charge is 2.35. The molecule has 0 radical (unpaired) electrons. The van der Waals surface area contributed by atoms with E-state index in [9.17, 15) is 23.2 Å². The van der Waals surface area contributed by atoms with Crippen LogP contribution in [0.4, 0.5) is 13.2 Å². The fourth-order valence-electron chi connectivity index (χ4n) is 3.44. The number of nitrogens with zero attached hydrogens (tertiary/aromatic N) is 2. The lowest BCUT2D eigenvalue weighted by Gasteiger charge is -2.24. The largest absolute Gasteiger partial charge is 0.490 e. The highest BCUT2D eigenvalue weighted by molar-refractivity contribution is 8.00. The molecule has 1 aliphatic heterocycles. The summed E-state index contributed by atoms with van der Waals surface area (Å²) in [5.41, 5.74) is -0.670. The van der Waals surface area contributed by atoms with E-state index in [1.807, 2.05) is 26.0 Å². The van der Waals surface area contributed by atoms with Crippen LogP contribution in [0.2, 0.25) is 0 Å². The van der Waals surface area contributed by atoms with Crippen LogP contribution in [0.25, 0.3) is 0 Å². The summed E-state index contributed by atoms with van der Waals surface area (Å²) in [4.78, 5) is 16.7. The molecule has 176 valence electrons. The number of nitriles is 1. The Hall–Kier alpha value is -2.93. The molecule has 33 heavy (non-hydrogen) atoms. The minimum Gasteiger partial charge on any atom is -0.490 e. The van der Waals surface area contributed by atoms with Crippen LogP contribution in [0.3, 0.4) is 0 Å². The molecule has 0 saturated carbocycles. The van der Waals surface area contributed by atoms with Crippen molar-refractivity contribution in [3.05, 3.63) is 46.6 Å². The Balaban J connectivity index is 1.75. The van der Waals surface area contributed by atoms with Gasteiger partial charge in [0.2, 0.25) is 5.91 Å². The molecule has 1 amide bonds. The molecular formula is C23H24F3N3O3S. The molecule has 0 bridgehead atoms. The maximum absolute atomic E-state index is 13.3. The van der Waals surface area contributed by atoms with E-state index < -0.39 is 17.3 Å². The molecule has 6 nitrogen and oxygen atoms in total. The van der Waals surface area contributed by atoms with Crippen LogP contribution >= 0.6 is 11.8 Å². The van der Waals surface area contributed by atoms with Crippen molar-refractivity contribution in [3.63, 3.8) is 0 Å². The van der Waals surface area contributed by atoms with Crippen molar-refractivity contribution in [2.75, 3.05) is 19.0 Å². The van der Waals surface area contributed by atoms with Crippen molar-refractivity contribution >= 4 is 17.7 Å². The summed E-state index contributed by atoms with van der Waals surface area (Å²) in [7, 11) is 0. The third-order valence-electron chi connectivity index (χ3n) is 4.99. The average molecular weight is 480 g/mol. The van der Waals surface area contributed by atoms with E-state index in [2.05, 4.69) is 10.3 Å². The highest BCUT2D eigenvalue weighted by Crippen LogP contribution is 2.36. The minimum absolute atomic E-state index is 0.0345. The normalized spacial score (nSPS) is 14.4. The van der Waals surface area contributed by atoms with Gasteiger partial charge in [0, 0.05) is 12.1 Å². The van der Waals surface area contributed by atoms with E-state index >= 15 is 0 Å². The highest BCUT2D eigenvalue weighted by atomic mass is 32.2.